The molecule has 0 spiro atoms. The summed E-state index contributed by atoms with van der Waals surface area (Å²) in [7, 11) is 0. The van der Waals surface area contributed by atoms with Crippen molar-refractivity contribution in [2.45, 2.75) is 31.7 Å². The van der Waals surface area contributed by atoms with Crippen molar-refractivity contribution in [2.75, 3.05) is 32.7 Å². The molecule has 0 saturated carbocycles. The predicted octanol–water partition coefficient (Wildman–Crippen LogP) is 2.54. The molecule has 0 heterocycles. The zero-order valence-electron chi connectivity index (χ0n) is 14.6. The largest absolute Gasteiger partial charge is 0.330 e. The number of rotatable bonds is 12. The zero-order chi connectivity index (χ0) is 17.0. The SMILES string of the molecule is NCCCCNCCCNCCC(N)c1cccc2ccccc12. The second-order valence-electron chi connectivity index (χ2n) is 6.31. The average molecular weight is 329 g/mol. The Labute approximate surface area is 146 Å². The van der Waals surface area contributed by atoms with Crippen molar-refractivity contribution in [3.63, 3.8) is 0 Å². The molecule has 0 bridgehead atoms. The van der Waals surface area contributed by atoms with Gasteiger partial charge in [0.25, 0.3) is 0 Å². The molecule has 4 heteroatoms. The van der Waals surface area contributed by atoms with Crippen LogP contribution in [0.4, 0.5) is 0 Å². The highest BCUT2D eigenvalue weighted by Crippen LogP contribution is 2.24. The molecule has 6 N–H and O–H groups in total. The number of unbranched alkanes of at least 4 members (excludes halogenated alkanes) is 1. The molecule has 2 aromatic carbocycles. The van der Waals surface area contributed by atoms with Gasteiger partial charge in [-0.2, -0.15) is 0 Å². The molecule has 0 saturated heterocycles. The quantitative estimate of drug-likeness (QED) is 0.452. The minimum Gasteiger partial charge on any atom is -0.330 e. The summed E-state index contributed by atoms with van der Waals surface area (Å²) in [5.41, 5.74) is 13.1. The van der Waals surface area contributed by atoms with Crippen LogP contribution in [0.5, 0.6) is 0 Å². The van der Waals surface area contributed by atoms with Crippen LogP contribution in [0.2, 0.25) is 0 Å². The molecule has 0 aliphatic rings. The van der Waals surface area contributed by atoms with Gasteiger partial charge in [-0.1, -0.05) is 42.5 Å². The van der Waals surface area contributed by atoms with Gasteiger partial charge in [-0.3, -0.25) is 0 Å². The lowest BCUT2D eigenvalue weighted by Crippen LogP contribution is -2.25. The van der Waals surface area contributed by atoms with E-state index in [-0.39, 0.29) is 6.04 Å². The first kappa shape index (κ1) is 18.9. The van der Waals surface area contributed by atoms with Crippen LogP contribution in [0.1, 0.15) is 37.3 Å². The smallest absolute Gasteiger partial charge is 0.0313 e. The van der Waals surface area contributed by atoms with Gasteiger partial charge in [0.05, 0.1) is 0 Å². The summed E-state index contributed by atoms with van der Waals surface area (Å²) in [4.78, 5) is 0. The molecule has 0 aromatic heterocycles. The Morgan fingerprint density at radius 2 is 1.50 bits per heavy atom. The van der Waals surface area contributed by atoms with Gasteiger partial charge in [-0.15, -0.1) is 0 Å². The first-order valence-electron chi connectivity index (χ1n) is 9.17. The van der Waals surface area contributed by atoms with E-state index in [1.807, 2.05) is 0 Å². The normalized spacial score (nSPS) is 12.6. The van der Waals surface area contributed by atoms with E-state index in [1.165, 1.54) is 22.8 Å². The fourth-order valence-electron chi connectivity index (χ4n) is 2.97. The maximum atomic E-state index is 6.41. The fraction of sp³-hybridized carbons (Fsp3) is 0.500. The Kier molecular flexibility index (Phi) is 8.77. The van der Waals surface area contributed by atoms with Gasteiger partial charge in [0.15, 0.2) is 0 Å². The first-order chi connectivity index (χ1) is 11.8. The van der Waals surface area contributed by atoms with E-state index in [0.717, 1.165) is 52.0 Å². The highest BCUT2D eigenvalue weighted by atomic mass is 14.9. The summed E-state index contributed by atoms with van der Waals surface area (Å²) < 4.78 is 0. The number of nitrogens with two attached hydrogens (primary N) is 2. The number of benzene rings is 2. The Morgan fingerprint density at radius 3 is 2.33 bits per heavy atom. The summed E-state index contributed by atoms with van der Waals surface area (Å²) >= 11 is 0. The zero-order valence-corrected chi connectivity index (χ0v) is 14.6. The number of nitrogens with one attached hydrogen (secondary N) is 2. The maximum Gasteiger partial charge on any atom is 0.0313 e. The third-order valence-electron chi connectivity index (χ3n) is 4.37. The van der Waals surface area contributed by atoms with Crippen molar-refractivity contribution in [1.29, 1.82) is 0 Å². The summed E-state index contributed by atoms with van der Waals surface area (Å²) in [6.45, 7) is 4.92. The van der Waals surface area contributed by atoms with Crippen LogP contribution in [-0.2, 0) is 0 Å². The standard InChI is InChI=1S/C20H32N4/c21-12-3-4-13-23-14-6-15-24-16-11-20(22)19-10-5-8-17-7-1-2-9-18(17)19/h1-2,5,7-10,20,23-24H,3-4,6,11-16,21-22H2. The Balaban J connectivity index is 1.62. The lowest BCUT2D eigenvalue weighted by Gasteiger charge is -2.15. The molecule has 0 radical (unpaired) electrons. The van der Waals surface area contributed by atoms with Crippen molar-refractivity contribution in [3.8, 4) is 0 Å². The highest BCUT2D eigenvalue weighted by Gasteiger charge is 2.08. The van der Waals surface area contributed by atoms with Crippen LogP contribution >= 0.6 is 0 Å². The van der Waals surface area contributed by atoms with Crippen molar-refractivity contribution in [3.05, 3.63) is 48.0 Å². The predicted molar refractivity (Wildman–Crippen MR) is 104 cm³/mol. The van der Waals surface area contributed by atoms with E-state index < -0.39 is 0 Å². The molecule has 2 rings (SSSR count). The molecular formula is C20H32N4. The van der Waals surface area contributed by atoms with Gasteiger partial charge >= 0.3 is 0 Å². The van der Waals surface area contributed by atoms with E-state index in [1.54, 1.807) is 0 Å². The molecule has 0 aliphatic heterocycles. The average Bonchev–Trinajstić information content (AvgIpc) is 2.62. The Bertz CT molecular complexity index is 579. The maximum absolute atomic E-state index is 6.41. The Hall–Kier alpha value is -1.46. The third kappa shape index (κ3) is 6.21. The van der Waals surface area contributed by atoms with Crippen molar-refractivity contribution in [1.82, 2.24) is 10.6 Å². The van der Waals surface area contributed by atoms with Crippen LogP contribution in [0.3, 0.4) is 0 Å². The summed E-state index contributed by atoms with van der Waals surface area (Å²) in [5, 5.41) is 9.48. The molecule has 0 aliphatic carbocycles. The van der Waals surface area contributed by atoms with E-state index in [0.29, 0.717) is 0 Å². The topological polar surface area (TPSA) is 76.1 Å². The van der Waals surface area contributed by atoms with Gasteiger partial charge in [0.1, 0.15) is 0 Å². The molecule has 1 atom stereocenters. The minimum atomic E-state index is 0.0815. The lowest BCUT2D eigenvalue weighted by atomic mass is 9.97. The monoisotopic (exact) mass is 328 g/mol. The molecule has 132 valence electrons. The van der Waals surface area contributed by atoms with Gasteiger partial charge in [0, 0.05) is 6.04 Å². The van der Waals surface area contributed by atoms with Gasteiger partial charge in [-0.05, 0) is 74.7 Å². The molecule has 2 aromatic rings. The summed E-state index contributed by atoms with van der Waals surface area (Å²) in [6.07, 6.45) is 4.38. The second kappa shape index (κ2) is 11.2. The van der Waals surface area contributed by atoms with Gasteiger partial charge < -0.3 is 22.1 Å². The third-order valence-corrected chi connectivity index (χ3v) is 4.37. The van der Waals surface area contributed by atoms with Crippen LogP contribution < -0.4 is 22.1 Å². The molecular weight excluding hydrogens is 296 g/mol. The number of fused-ring (bicyclic) bond motifs is 1. The second-order valence-corrected chi connectivity index (χ2v) is 6.31. The molecule has 0 fully saturated rings. The van der Waals surface area contributed by atoms with Crippen molar-refractivity contribution < 1.29 is 0 Å². The van der Waals surface area contributed by atoms with Gasteiger partial charge in [0.2, 0.25) is 0 Å². The lowest BCUT2D eigenvalue weighted by molar-refractivity contribution is 0.548. The summed E-state index contributed by atoms with van der Waals surface area (Å²) in [5.74, 6) is 0. The molecule has 4 nitrogen and oxygen atoms in total. The molecule has 1 unspecified atom stereocenters. The van der Waals surface area contributed by atoms with Crippen LogP contribution in [0.15, 0.2) is 42.5 Å². The van der Waals surface area contributed by atoms with Crippen LogP contribution in [-0.4, -0.2) is 32.7 Å². The van der Waals surface area contributed by atoms with Crippen molar-refractivity contribution >= 4 is 10.8 Å². The van der Waals surface area contributed by atoms with Crippen molar-refractivity contribution in [2.24, 2.45) is 11.5 Å². The van der Waals surface area contributed by atoms with E-state index in [4.69, 9.17) is 11.5 Å². The highest BCUT2D eigenvalue weighted by molar-refractivity contribution is 5.86. The van der Waals surface area contributed by atoms with E-state index >= 15 is 0 Å². The molecule has 24 heavy (non-hydrogen) atoms. The number of hydrogen-bond acceptors (Lipinski definition) is 4. The Morgan fingerprint density at radius 1 is 0.792 bits per heavy atom. The fourth-order valence-corrected chi connectivity index (χ4v) is 2.97. The van der Waals surface area contributed by atoms with Gasteiger partial charge in [-0.25, -0.2) is 0 Å². The van der Waals surface area contributed by atoms with Crippen LogP contribution in [0, 0.1) is 0 Å². The van der Waals surface area contributed by atoms with E-state index in [2.05, 4.69) is 53.1 Å². The molecule has 0 amide bonds. The van der Waals surface area contributed by atoms with Crippen LogP contribution in [0.25, 0.3) is 10.8 Å². The minimum absolute atomic E-state index is 0.0815. The van der Waals surface area contributed by atoms with E-state index in [9.17, 15) is 0 Å². The first-order valence-corrected chi connectivity index (χ1v) is 9.17. The number of hydrogen-bond donors (Lipinski definition) is 4. The summed E-state index contributed by atoms with van der Waals surface area (Å²) in [6, 6.07) is 14.9.